The maximum absolute atomic E-state index is 12.1. The quantitative estimate of drug-likeness (QED) is 0.0647. The molecule has 0 unspecified atom stereocenters. The summed E-state index contributed by atoms with van der Waals surface area (Å²) in [5, 5.41) is 2.04. The Labute approximate surface area is 296 Å². The predicted molar refractivity (Wildman–Crippen MR) is 201 cm³/mol. The van der Waals surface area contributed by atoms with Gasteiger partial charge in [0.1, 0.15) is 5.75 Å². The highest BCUT2D eigenvalue weighted by Crippen LogP contribution is 2.40. The first-order valence-electron chi connectivity index (χ1n) is 16.4. The van der Waals surface area contributed by atoms with Gasteiger partial charge in [-0.05, 0) is 71.8 Å². The van der Waals surface area contributed by atoms with Gasteiger partial charge in [-0.1, -0.05) is 68.3 Å². The van der Waals surface area contributed by atoms with Gasteiger partial charge in [0.2, 0.25) is 0 Å². The fraction of sp³-hybridized carbons (Fsp3) is 0.0930. The number of para-hydroxylation sites is 1. The average Bonchev–Trinajstić information content (AvgIpc) is 3.49. The first kappa shape index (κ1) is 34.2. The van der Waals surface area contributed by atoms with Crippen molar-refractivity contribution < 1.29 is 28.6 Å². The Balaban J connectivity index is 1.44. The van der Waals surface area contributed by atoms with Crippen molar-refractivity contribution in [2.45, 2.75) is 12.8 Å². The van der Waals surface area contributed by atoms with Crippen LogP contribution in [0.1, 0.15) is 11.1 Å². The molecule has 51 heavy (non-hydrogen) atoms. The minimum atomic E-state index is -0.526. The van der Waals surface area contributed by atoms with Crippen LogP contribution in [-0.4, -0.2) is 35.7 Å². The second-order valence-electron chi connectivity index (χ2n) is 11.6. The van der Waals surface area contributed by atoms with Crippen LogP contribution in [0.5, 0.6) is 5.75 Å². The van der Waals surface area contributed by atoms with Crippen LogP contribution in [0.2, 0.25) is 0 Å². The molecule has 8 heteroatoms. The van der Waals surface area contributed by atoms with Gasteiger partial charge in [0.05, 0.1) is 24.2 Å². The standard InChI is InChI=1S/C43H36N2O6/c1-4-41(46)49-26-24-30-12-16-33(17-13-30)44(34-18-14-31(15-19-34)25-27-50-42(47)5-2)35-20-22-37-38-23-21-36(51-43(48)6-3)29-40(38)45(39(37)28-35)32-10-8-7-9-11-32/h4-23,28-29H,1-3,24-27H2. The van der Waals surface area contributed by atoms with Crippen molar-refractivity contribution in [3.63, 3.8) is 0 Å². The predicted octanol–water partition coefficient (Wildman–Crippen LogP) is 8.89. The molecule has 0 aliphatic heterocycles. The number of fused-ring (bicyclic) bond motifs is 3. The van der Waals surface area contributed by atoms with Crippen LogP contribution in [0.25, 0.3) is 27.5 Å². The number of benzene rings is 5. The molecule has 0 fully saturated rings. The molecule has 254 valence electrons. The number of hydrogen-bond donors (Lipinski definition) is 0. The molecule has 6 rings (SSSR count). The Kier molecular flexibility index (Phi) is 10.5. The molecule has 0 radical (unpaired) electrons. The highest BCUT2D eigenvalue weighted by atomic mass is 16.5. The van der Waals surface area contributed by atoms with Crippen LogP contribution < -0.4 is 9.64 Å². The number of hydrogen-bond acceptors (Lipinski definition) is 7. The molecule has 0 aliphatic carbocycles. The summed E-state index contributed by atoms with van der Waals surface area (Å²) in [5.74, 6) is -0.995. The molecule has 5 aromatic carbocycles. The van der Waals surface area contributed by atoms with E-state index in [0.29, 0.717) is 18.6 Å². The number of carbonyl (C=O) groups excluding carboxylic acids is 3. The smallest absolute Gasteiger partial charge is 0.335 e. The molecular weight excluding hydrogens is 640 g/mol. The summed E-state index contributed by atoms with van der Waals surface area (Å²) in [6.07, 6.45) is 4.60. The summed E-state index contributed by atoms with van der Waals surface area (Å²) in [5.41, 5.74) is 7.62. The van der Waals surface area contributed by atoms with E-state index < -0.39 is 17.9 Å². The lowest BCUT2D eigenvalue weighted by molar-refractivity contribution is -0.138. The summed E-state index contributed by atoms with van der Waals surface area (Å²) >= 11 is 0. The Morgan fingerprint density at radius 3 is 1.59 bits per heavy atom. The number of ether oxygens (including phenoxy) is 3. The topological polar surface area (TPSA) is 87.1 Å². The average molecular weight is 677 g/mol. The molecule has 0 aliphatic rings. The third-order valence-electron chi connectivity index (χ3n) is 8.37. The van der Waals surface area contributed by atoms with Crippen LogP contribution in [0.3, 0.4) is 0 Å². The van der Waals surface area contributed by atoms with Crippen molar-refractivity contribution in [2.75, 3.05) is 18.1 Å². The van der Waals surface area contributed by atoms with Crippen molar-refractivity contribution >= 4 is 56.8 Å². The largest absolute Gasteiger partial charge is 0.462 e. The maximum Gasteiger partial charge on any atom is 0.335 e. The second-order valence-corrected chi connectivity index (χ2v) is 11.6. The van der Waals surface area contributed by atoms with E-state index in [1.807, 2.05) is 91.0 Å². The van der Waals surface area contributed by atoms with E-state index in [-0.39, 0.29) is 13.2 Å². The van der Waals surface area contributed by atoms with E-state index in [0.717, 1.165) is 73.9 Å². The second kappa shape index (κ2) is 15.7. The SMILES string of the molecule is C=CC(=O)OCCc1ccc(N(c2ccc(CCOC(=O)C=C)cc2)c2ccc3c4ccc(OC(=O)C=C)cc4n(-c4ccccc4)c3c2)cc1. The zero-order chi connectivity index (χ0) is 35.7. The molecule has 0 saturated heterocycles. The van der Waals surface area contributed by atoms with E-state index in [4.69, 9.17) is 14.2 Å². The minimum absolute atomic E-state index is 0.257. The first-order valence-corrected chi connectivity index (χ1v) is 16.4. The zero-order valence-corrected chi connectivity index (χ0v) is 28.0. The van der Waals surface area contributed by atoms with Crippen molar-refractivity contribution in [2.24, 2.45) is 0 Å². The third kappa shape index (κ3) is 7.81. The lowest BCUT2D eigenvalue weighted by Gasteiger charge is -2.26. The Morgan fingerprint density at radius 2 is 1.06 bits per heavy atom. The van der Waals surface area contributed by atoms with Crippen molar-refractivity contribution in [1.29, 1.82) is 0 Å². The highest BCUT2D eigenvalue weighted by molar-refractivity contribution is 6.11. The summed E-state index contributed by atoms with van der Waals surface area (Å²) < 4.78 is 18.0. The monoisotopic (exact) mass is 676 g/mol. The van der Waals surface area contributed by atoms with Crippen molar-refractivity contribution in [3.8, 4) is 11.4 Å². The Morgan fingerprint density at radius 1 is 0.569 bits per heavy atom. The number of anilines is 3. The van der Waals surface area contributed by atoms with Crippen LogP contribution in [0, 0.1) is 0 Å². The van der Waals surface area contributed by atoms with E-state index in [1.54, 1.807) is 6.07 Å². The minimum Gasteiger partial charge on any atom is -0.462 e. The summed E-state index contributed by atoms with van der Waals surface area (Å²) in [6, 6.07) is 38.3. The highest BCUT2D eigenvalue weighted by Gasteiger charge is 2.19. The van der Waals surface area contributed by atoms with Crippen molar-refractivity contribution in [1.82, 2.24) is 4.57 Å². The lowest BCUT2D eigenvalue weighted by Crippen LogP contribution is -2.11. The Bertz CT molecular complexity index is 2170. The van der Waals surface area contributed by atoms with Gasteiger partial charge >= 0.3 is 17.9 Å². The van der Waals surface area contributed by atoms with E-state index in [2.05, 4.69) is 47.4 Å². The number of carbonyl (C=O) groups is 3. The number of nitrogens with zero attached hydrogens (tertiary/aromatic N) is 2. The molecule has 6 aromatic rings. The summed E-state index contributed by atoms with van der Waals surface area (Å²) in [4.78, 5) is 37.3. The van der Waals surface area contributed by atoms with Gasteiger partial charge in [-0.25, -0.2) is 14.4 Å². The van der Waals surface area contributed by atoms with Crippen LogP contribution in [0.15, 0.2) is 153 Å². The van der Waals surface area contributed by atoms with Crippen molar-refractivity contribution in [3.05, 3.63) is 164 Å². The van der Waals surface area contributed by atoms with Gasteiger partial charge in [0.15, 0.2) is 0 Å². The zero-order valence-electron chi connectivity index (χ0n) is 28.0. The molecular formula is C43H36N2O6. The summed E-state index contributed by atoms with van der Waals surface area (Å²) in [7, 11) is 0. The normalized spacial score (nSPS) is 10.7. The van der Waals surface area contributed by atoms with E-state index in [1.165, 1.54) is 0 Å². The van der Waals surface area contributed by atoms with Gasteiger partial charge < -0.3 is 23.7 Å². The first-order chi connectivity index (χ1) is 24.9. The third-order valence-corrected chi connectivity index (χ3v) is 8.37. The van der Waals surface area contributed by atoms with E-state index >= 15 is 0 Å². The molecule has 1 aromatic heterocycles. The van der Waals surface area contributed by atoms with Gasteiger partial charge in [0, 0.05) is 70.7 Å². The van der Waals surface area contributed by atoms with E-state index in [9.17, 15) is 14.4 Å². The van der Waals surface area contributed by atoms with Crippen LogP contribution in [-0.2, 0) is 36.7 Å². The van der Waals surface area contributed by atoms with Gasteiger partial charge in [-0.2, -0.15) is 0 Å². The molecule has 0 amide bonds. The van der Waals surface area contributed by atoms with Gasteiger partial charge in [0.25, 0.3) is 0 Å². The summed E-state index contributed by atoms with van der Waals surface area (Å²) in [6.45, 7) is 10.9. The number of esters is 3. The molecule has 8 nitrogen and oxygen atoms in total. The maximum atomic E-state index is 12.1. The van der Waals surface area contributed by atoms with Gasteiger partial charge in [-0.3, -0.25) is 0 Å². The number of aromatic nitrogens is 1. The molecule has 0 spiro atoms. The molecule has 0 N–H and O–H groups in total. The van der Waals surface area contributed by atoms with Gasteiger partial charge in [-0.15, -0.1) is 0 Å². The van der Waals surface area contributed by atoms with Crippen LogP contribution >= 0.6 is 0 Å². The molecule has 0 saturated carbocycles. The molecule has 1 heterocycles. The Hall–Kier alpha value is -6.67. The van der Waals surface area contributed by atoms with Crippen LogP contribution in [0.4, 0.5) is 17.1 Å². The number of rotatable bonds is 14. The molecule has 0 bridgehead atoms. The lowest BCUT2D eigenvalue weighted by atomic mass is 10.1. The fourth-order valence-corrected chi connectivity index (χ4v) is 5.93. The fourth-order valence-electron chi connectivity index (χ4n) is 5.93. The molecule has 0 atom stereocenters.